The summed E-state index contributed by atoms with van der Waals surface area (Å²) in [6.45, 7) is 0.433. The van der Waals surface area contributed by atoms with Gasteiger partial charge in [0.25, 0.3) is 5.91 Å². The SMILES string of the molecule is COc1cc(C=NNC(=O)c2cc(Cl)ccc2OC)ccc1OCc1ccccc1. The highest BCUT2D eigenvalue weighted by Crippen LogP contribution is 2.28. The van der Waals surface area contributed by atoms with Crippen LogP contribution in [0, 0.1) is 0 Å². The maximum absolute atomic E-state index is 12.4. The molecule has 7 heteroatoms. The third-order valence-corrected chi connectivity index (χ3v) is 4.45. The average Bonchev–Trinajstić information content (AvgIpc) is 2.78. The smallest absolute Gasteiger partial charge is 0.275 e. The highest BCUT2D eigenvalue weighted by molar-refractivity contribution is 6.31. The van der Waals surface area contributed by atoms with E-state index in [0.717, 1.165) is 11.1 Å². The predicted octanol–water partition coefficient (Wildman–Crippen LogP) is 4.70. The first-order valence-electron chi connectivity index (χ1n) is 9.12. The first-order chi connectivity index (χ1) is 14.6. The molecule has 154 valence electrons. The predicted molar refractivity (Wildman–Crippen MR) is 117 cm³/mol. The van der Waals surface area contributed by atoms with Gasteiger partial charge in [-0.1, -0.05) is 41.9 Å². The Hall–Kier alpha value is -3.51. The standard InChI is InChI=1S/C23H21ClN2O4/c1-28-20-11-9-18(24)13-19(20)23(27)26-25-14-17-8-10-21(22(12-17)29-2)30-15-16-6-4-3-5-7-16/h3-14H,15H2,1-2H3,(H,26,27). The zero-order chi connectivity index (χ0) is 21.3. The molecule has 0 heterocycles. The summed E-state index contributed by atoms with van der Waals surface area (Å²) in [6.07, 6.45) is 1.51. The van der Waals surface area contributed by atoms with Crippen molar-refractivity contribution in [2.75, 3.05) is 14.2 Å². The maximum Gasteiger partial charge on any atom is 0.275 e. The Morgan fingerprint density at radius 1 is 0.967 bits per heavy atom. The van der Waals surface area contributed by atoms with Crippen molar-refractivity contribution in [2.24, 2.45) is 5.10 Å². The lowest BCUT2D eigenvalue weighted by atomic mass is 10.2. The minimum Gasteiger partial charge on any atom is -0.496 e. The Balaban J connectivity index is 1.65. The summed E-state index contributed by atoms with van der Waals surface area (Å²) in [5.74, 6) is 1.16. The molecule has 30 heavy (non-hydrogen) atoms. The van der Waals surface area contributed by atoms with Crippen molar-refractivity contribution in [3.63, 3.8) is 0 Å². The number of ether oxygens (including phenoxy) is 3. The second-order valence-corrected chi connectivity index (χ2v) is 6.66. The van der Waals surface area contributed by atoms with Crippen molar-refractivity contribution in [2.45, 2.75) is 6.61 Å². The van der Waals surface area contributed by atoms with Crippen LogP contribution in [0.4, 0.5) is 0 Å². The zero-order valence-electron chi connectivity index (χ0n) is 16.6. The van der Waals surface area contributed by atoms with Gasteiger partial charge in [-0.2, -0.15) is 5.10 Å². The number of hydrogen-bond donors (Lipinski definition) is 1. The number of amides is 1. The summed E-state index contributed by atoms with van der Waals surface area (Å²) in [7, 11) is 3.05. The van der Waals surface area contributed by atoms with E-state index in [1.807, 2.05) is 36.4 Å². The van der Waals surface area contributed by atoms with Crippen molar-refractivity contribution in [3.8, 4) is 17.2 Å². The summed E-state index contributed by atoms with van der Waals surface area (Å²) in [5, 5.41) is 4.43. The van der Waals surface area contributed by atoms with Crippen LogP contribution in [0.3, 0.4) is 0 Å². The lowest BCUT2D eigenvalue weighted by molar-refractivity contribution is 0.0952. The number of benzene rings is 3. The van der Waals surface area contributed by atoms with Crippen LogP contribution in [-0.2, 0) is 6.61 Å². The third-order valence-electron chi connectivity index (χ3n) is 4.21. The van der Waals surface area contributed by atoms with E-state index in [0.29, 0.717) is 34.4 Å². The average molecular weight is 425 g/mol. The Morgan fingerprint density at radius 2 is 1.70 bits per heavy atom. The van der Waals surface area contributed by atoms with Gasteiger partial charge in [0.15, 0.2) is 11.5 Å². The fraction of sp³-hybridized carbons (Fsp3) is 0.130. The van der Waals surface area contributed by atoms with E-state index in [2.05, 4.69) is 10.5 Å². The van der Waals surface area contributed by atoms with Gasteiger partial charge < -0.3 is 14.2 Å². The van der Waals surface area contributed by atoms with Crippen LogP contribution in [0.5, 0.6) is 17.2 Å². The first-order valence-corrected chi connectivity index (χ1v) is 9.50. The summed E-state index contributed by atoms with van der Waals surface area (Å²) < 4.78 is 16.4. The van der Waals surface area contributed by atoms with Crippen molar-refractivity contribution in [3.05, 3.63) is 88.4 Å². The van der Waals surface area contributed by atoms with Crippen LogP contribution in [0.1, 0.15) is 21.5 Å². The monoisotopic (exact) mass is 424 g/mol. The van der Waals surface area contributed by atoms with E-state index >= 15 is 0 Å². The van der Waals surface area contributed by atoms with E-state index in [4.69, 9.17) is 25.8 Å². The van der Waals surface area contributed by atoms with Gasteiger partial charge in [-0.3, -0.25) is 4.79 Å². The molecular weight excluding hydrogens is 404 g/mol. The van der Waals surface area contributed by atoms with E-state index < -0.39 is 5.91 Å². The Kier molecular flexibility index (Phi) is 7.29. The highest BCUT2D eigenvalue weighted by atomic mass is 35.5. The molecule has 1 amide bonds. The Bertz CT molecular complexity index is 1040. The molecule has 0 bridgehead atoms. The van der Waals surface area contributed by atoms with E-state index in [-0.39, 0.29) is 0 Å². The number of carbonyl (C=O) groups excluding carboxylic acids is 1. The van der Waals surface area contributed by atoms with E-state index in [1.165, 1.54) is 19.4 Å². The fourth-order valence-corrected chi connectivity index (χ4v) is 2.87. The molecule has 6 nitrogen and oxygen atoms in total. The number of rotatable bonds is 8. The molecule has 0 fully saturated rings. The molecule has 0 aromatic heterocycles. The Labute approximate surface area is 180 Å². The van der Waals surface area contributed by atoms with Crippen LogP contribution < -0.4 is 19.6 Å². The largest absolute Gasteiger partial charge is 0.496 e. The molecule has 0 spiro atoms. The molecule has 0 saturated heterocycles. The van der Waals surface area contributed by atoms with Gasteiger partial charge in [0.2, 0.25) is 0 Å². The summed E-state index contributed by atoms with van der Waals surface area (Å²) in [5.41, 5.74) is 4.56. The molecule has 3 aromatic carbocycles. The van der Waals surface area contributed by atoms with Crippen LogP contribution in [0.2, 0.25) is 5.02 Å². The molecule has 0 aliphatic rings. The molecule has 0 atom stereocenters. The normalized spacial score (nSPS) is 10.6. The van der Waals surface area contributed by atoms with Gasteiger partial charge in [0, 0.05) is 5.02 Å². The zero-order valence-corrected chi connectivity index (χ0v) is 17.3. The molecule has 0 saturated carbocycles. The van der Waals surface area contributed by atoms with Gasteiger partial charge in [-0.05, 0) is 47.5 Å². The second kappa shape index (κ2) is 10.3. The highest BCUT2D eigenvalue weighted by Gasteiger charge is 2.12. The second-order valence-electron chi connectivity index (χ2n) is 6.23. The fourth-order valence-electron chi connectivity index (χ4n) is 2.70. The van der Waals surface area contributed by atoms with Gasteiger partial charge in [-0.15, -0.1) is 0 Å². The van der Waals surface area contributed by atoms with Gasteiger partial charge in [-0.25, -0.2) is 5.43 Å². The van der Waals surface area contributed by atoms with Gasteiger partial charge in [0.05, 0.1) is 26.0 Å². The molecular formula is C23H21ClN2O4. The van der Waals surface area contributed by atoms with E-state index in [9.17, 15) is 4.79 Å². The minimum atomic E-state index is -0.430. The van der Waals surface area contributed by atoms with Crippen molar-refractivity contribution in [1.82, 2.24) is 5.43 Å². The quantitative estimate of drug-likeness (QED) is 0.420. The molecule has 0 aliphatic heterocycles. The Morgan fingerprint density at radius 3 is 2.43 bits per heavy atom. The first kappa shape index (κ1) is 21.2. The van der Waals surface area contributed by atoms with Crippen LogP contribution in [-0.4, -0.2) is 26.3 Å². The number of carbonyl (C=O) groups is 1. The summed E-state index contributed by atoms with van der Waals surface area (Å²) >= 11 is 5.96. The number of methoxy groups -OCH3 is 2. The lowest BCUT2D eigenvalue weighted by Crippen LogP contribution is -2.18. The molecule has 0 aliphatic carbocycles. The third kappa shape index (κ3) is 5.52. The number of halogens is 1. The van der Waals surface area contributed by atoms with Crippen LogP contribution >= 0.6 is 11.6 Å². The van der Waals surface area contributed by atoms with Gasteiger partial charge in [0.1, 0.15) is 12.4 Å². The maximum atomic E-state index is 12.4. The number of hydrogen-bond acceptors (Lipinski definition) is 5. The van der Waals surface area contributed by atoms with E-state index in [1.54, 1.807) is 31.4 Å². The lowest BCUT2D eigenvalue weighted by Gasteiger charge is -2.11. The molecule has 0 radical (unpaired) electrons. The molecule has 3 rings (SSSR count). The molecule has 1 N–H and O–H groups in total. The number of nitrogens with one attached hydrogen (secondary N) is 1. The summed E-state index contributed by atoms with van der Waals surface area (Å²) in [4.78, 5) is 12.4. The molecule has 0 unspecified atom stereocenters. The van der Waals surface area contributed by atoms with Gasteiger partial charge >= 0.3 is 0 Å². The van der Waals surface area contributed by atoms with Crippen molar-refractivity contribution < 1.29 is 19.0 Å². The van der Waals surface area contributed by atoms with Crippen LogP contribution in [0.15, 0.2) is 71.8 Å². The molecule has 3 aromatic rings. The number of hydrazone groups is 1. The van der Waals surface area contributed by atoms with Crippen LogP contribution in [0.25, 0.3) is 0 Å². The topological polar surface area (TPSA) is 69.2 Å². The van der Waals surface area contributed by atoms with Crippen molar-refractivity contribution >= 4 is 23.7 Å². The summed E-state index contributed by atoms with van der Waals surface area (Å²) in [6, 6.07) is 20.0. The van der Waals surface area contributed by atoms with Crippen molar-refractivity contribution in [1.29, 1.82) is 0 Å². The number of nitrogens with zero attached hydrogens (tertiary/aromatic N) is 1. The minimum absolute atomic E-state index is 0.296.